The molecule has 2 atom stereocenters. The maximum absolute atomic E-state index is 13.3. The summed E-state index contributed by atoms with van der Waals surface area (Å²) in [4.78, 5) is 16.5. The lowest BCUT2D eigenvalue weighted by atomic mass is 9.90. The first kappa shape index (κ1) is 21.9. The minimum atomic E-state index is -4.53. The molecule has 1 heterocycles. The molecule has 1 saturated carbocycles. The minimum Gasteiger partial charge on any atom is -0.497 e. The number of carbonyl (C=O) groups is 1. The van der Waals surface area contributed by atoms with E-state index in [1.807, 2.05) is 0 Å². The van der Waals surface area contributed by atoms with Crippen LogP contribution in [0.5, 0.6) is 5.75 Å². The standard InChI is InChI=1S/C24H24F3N3O2/c1-32-19-11-9-15(10-12-19)23(31)29-18-7-4-6-17(14-18)28-22-20-8-3-2-5-16(20)13-21(30-22)24(25,26)27/h2-3,5,8-13,17-18H,4,6-7,14H2,1H3,(H,28,30)(H,29,31)/t17-,18?/m0/s1. The van der Waals surface area contributed by atoms with Crippen LogP contribution < -0.4 is 15.4 Å². The number of methoxy groups -OCH3 is 1. The first-order chi connectivity index (χ1) is 15.3. The number of rotatable bonds is 5. The minimum absolute atomic E-state index is 0.0760. The summed E-state index contributed by atoms with van der Waals surface area (Å²) in [7, 11) is 1.56. The number of halogens is 3. The van der Waals surface area contributed by atoms with Gasteiger partial charge in [-0.05, 0) is 61.4 Å². The predicted molar refractivity (Wildman–Crippen MR) is 117 cm³/mol. The molecule has 8 heteroatoms. The van der Waals surface area contributed by atoms with Crippen LogP contribution in [0.4, 0.5) is 19.0 Å². The maximum Gasteiger partial charge on any atom is 0.433 e. The molecule has 0 radical (unpaired) electrons. The highest BCUT2D eigenvalue weighted by Gasteiger charge is 2.34. The van der Waals surface area contributed by atoms with E-state index in [-0.39, 0.29) is 23.8 Å². The van der Waals surface area contributed by atoms with Crippen LogP contribution in [-0.4, -0.2) is 30.1 Å². The first-order valence-electron chi connectivity index (χ1n) is 10.5. The summed E-state index contributed by atoms with van der Waals surface area (Å²) in [6.07, 6.45) is -1.46. The summed E-state index contributed by atoms with van der Waals surface area (Å²) in [6.45, 7) is 0. The van der Waals surface area contributed by atoms with Crippen molar-refractivity contribution in [1.82, 2.24) is 10.3 Å². The molecule has 3 aromatic rings. The Labute approximate surface area is 184 Å². The summed E-state index contributed by atoms with van der Waals surface area (Å²) < 4.78 is 45.1. The van der Waals surface area contributed by atoms with Crippen molar-refractivity contribution in [2.75, 3.05) is 12.4 Å². The Morgan fingerprint density at radius 3 is 2.50 bits per heavy atom. The lowest BCUT2D eigenvalue weighted by Gasteiger charge is -2.31. The van der Waals surface area contributed by atoms with E-state index in [0.717, 1.165) is 25.3 Å². The van der Waals surface area contributed by atoms with Crippen LogP contribution in [-0.2, 0) is 6.18 Å². The average Bonchev–Trinajstić information content (AvgIpc) is 2.78. The zero-order valence-corrected chi connectivity index (χ0v) is 17.6. The number of alkyl halides is 3. The summed E-state index contributed by atoms with van der Waals surface area (Å²) in [5, 5.41) is 7.38. The first-order valence-corrected chi connectivity index (χ1v) is 10.5. The maximum atomic E-state index is 13.3. The Balaban J connectivity index is 1.48. The van der Waals surface area contributed by atoms with Crippen molar-refractivity contribution in [2.24, 2.45) is 0 Å². The Kier molecular flexibility index (Phi) is 6.21. The van der Waals surface area contributed by atoms with Crippen molar-refractivity contribution in [3.63, 3.8) is 0 Å². The number of fused-ring (bicyclic) bond motifs is 1. The molecule has 4 rings (SSSR count). The van der Waals surface area contributed by atoms with Gasteiger partial charge in [0.05, 0.1) is 7.11 Å². The van der Waals surface area contributed by atoms with Crippen LogP contribution in [0.3, 0.4) is 0 Å². The third-order valence-electron chi connectivity index (χ3n) is 5.73. The largest absolute Gasteiger partial charge is 0.497 e. The number of nitrogens with one attached hydrogen (secondary N) is 2. The molecular weight excluding hydrogens is 419 g/mol. The molecule has 0 aliphatic heterocycles. The van der Waals surface area contributed by atoms with Gasteiger partial charge in [-0.25, -0.2) is 4.98 Å². The number of hydrogen-bond donors (Lipinski definition) is 2. The van der Waals surface area contributed by atoms with Gasteiger partial charge in [-0.1, -0.05) is 24.3 Å². The van der Waals surface area contributed by atoms with E-state index in [1.165, 1.54) is 0 Å². The van der Waals surface area contributed by atoms with Crippen LogP contribution in [0.25, 0.3) is 10.8 Å². The van der Waals surface area contributed by atoms with Gasteiger partial charge >= 0.3 is 6.18 Å². The zero-order chi connectivity index (χ0) is 22.7. The van der Waals surface area contributed by atoms with Gasteiger partial charge in [0, 0.05) is 23.0 Å². The van der Waals surface area contributed by atoms with Gasteiger partial charge in [0.1, 0.15) is 17.3 Å². The van der Waals surface area contributed by atoms with Crippen molar-refractivity contribution in [2.45, 2.75) is 43.9 Å². The molecule has 1 fully saturated rings. The third kappa shape index (κ3) is 4.95. The Hall–Kier alpha value is -3.29. The molecule has 1 aliphatic rings. The molecule has 1 amide bonds. The monoisotopic (exact) mass is 443 g/mol. The molecule has 5 nitrogen and oxygen atoms in total. The SMILES string of the molecule is COc1ccc(C(=O)NC2CCC[C@H](Nc3nc(C(F)(F)F)cc4ccccc34)C2)cc1. The number of ether oxygens (including phenoxy) is 1. The van der Waals surface area contributed by atoms with E-state index in [0.29, 0.717) is 28.5 Å². The van der Waals surface area contributed by atoms with E-state index in [2.05, 4.69) is 15.6 Å². The molecule has 0 spiro atoms. The zero-order valence-electron chi connectivity index (χ0n) is 17.6. The number of nitrogens with zero attached hydrogens (tertiary/aromatic N) is 1. The summed E-state index contributed by atoms with van der Waals surface area (Å²) >= 11 is 0. The molecule has 0 saturated heterocycles. The molecule has 2 aromatic carbocycles. The molecular formula is C24H24F3N3O2. The van der Waals surface area contributed by atoms with E-state index in [1.54, 1.807) is 55.6 Å². The van der Waals surface area contributed by atoms with Crippen molar-refractivity contribution in [3.05, 3.63) is 65.9 Å². The van der Waals surface area contributed by atoms with Crippen molar-refractivity contribution in [1.29, 1.82) is 0 Å². The fourth-order valence-electron chi connectivity index (χ4n) is 4.11. The quantitative estimate of drug-likeness (QED) is 0.553. The van der Waals surface area contributed by atoms with Gasteiger partial charge in [-0.2, -0.15) is 13.2 Å². The number of amides is 1. The van der Waals surface area contributed by atoms with Gasteiger partial charge in [0.2, 0.25) is 0 Å². The molecule has 1 unspecified atom stereocenters. The highest BCUT2D eigenvalue weighted by atomic mass is 19.4. The van der Waals surface area contributed by atoms with Gasteiger partial charge in [0.25, 0.3) is 5.91 Å². The van der Waals surface area contributed by atoms with Crippen LogP contribution in [0, 0.1) is 0 Å². The Morgan fingerprint density at radius 1 is 1.06 bits per heavy atom. The summed E-state index contributed by atoms with van der Waals surface area (Å²) in [5.74, 6) is 0.716. The van der Waals surface area contributed by atoms with E-state index in [4.69, 9.17) is 4.74 Å². The lowest BCUT2D eigenvalue weighted by molar-refractivity contribution is -0.141. The van der Waals surface area contributed by atoms with Crippen molar-refractivity contribution < 1.29 is 22.7 Å². The smallest absolute Gasteiger partial charge is 0.433 e. The van der Waals surface area contributed by atoms with E-state index >= 15 is 0 Å². The van der Waals surface area contributed by atoms with Crippen LogP contribution >= 0.6 is 0 Å². The lowest BCUT2D eigenvalue weighted by Crippen LogP contribution is -2.42. The second-order valence-electron chi connectivity index (χ2n) is 7.98. The number of pyridine rings is 1. The number of aromatic nitrogens is 1. The second-order valence-corrected chi connectivity index (χ2v) is 7.98. The Bertz CT molecular complexity index is 1100. The highest BCUT2D eigenvalue weighted by Crippen LogP contribution is 2.33. The molecule has 2 N–H and O–H groups in total. The fraction of sp³-hybridized carbons (Fsp3) is 0.333. The number of hydrogen-bond acceptors (Lipinski definition) is 4. The van der Waals surface area contributed by atoms with Crippen LogP contribution in [0.2, 0.25) is 0 Å². The Morgan fingerprint density at radius 2 is 1.78 bits per heavy atom. The number of carbonyl (C=O) groups excluding carboxylic acids is 1. The van der Waals surface area contributed by atoms with Crippen LogP contribution in [0.1, 0.15) is 41.7 Å². The number of benzene rings is 2. The normalized spacial score (nSPS) is 18.9. The molecule has 32 heavy (non-hydrogen) atoms. The van der Waals surface area contributed by atoms with Crippen molar-refractivity contribution >= 4 is 22.5 Å². The summed E-state index contributed by atoms with van der Waals surface area (Å²) in [5.41, 5.74) is -0.384. The predicted octanol–water partition coefficient (Wildman–Crippen LogP) is 5.42. The van der Waals surface area contributed by atoms with Gasteiger partial charge < -0.3 is 15.4 Å². The molecule has 0 bridgehead atoms. The number of anilines is 1. The van der Waals surface area contributed by atoms with Gasteiger partial charge in [-0.3, -0.25) is 4.79 Å². The summed E-state index contributed by atoms with van der Waals surface area (Å²) in [6, 6.07) is 14.6. The second kappa shape index (κ2) is 9.06. The van der Waals surface area contributed by atoms with Gasteiger partial charge in [0.15, 0.2) is 0 Å². The molecule has 168 valence electrons. The average molecular weight is 443 g/mol. The van der Waals surface area contributed by atoms with E-state index < -0.39 is 11.9 Å². The fourth-order valence-corrected chi connectivity index (χ4v) is 4.11. The molecule has 1 aliphatic carbocycles. The van der Waals surface area contributed by atoms with Crippen LogP contribution in [0.15, 0.2) is 54.6 Å². The third-order valence-corrected chi connectivity index (χ3v) is 5.73. The van der Waals surface area contributed by atoms with Gasteiger partial charge in [-0.15, -0.1) is 0 Å². The highest BCUT2D eigenvalue weighted by molar-refractivity contribution is 5.94. The topological polar surface area (TPSA) is 63.2 Å². The van der Waals surface area contributed by atoms with E-state index in [9.17, 15) is 18.0 Å². The molecule has 1 aromatic heterocycles. The van der Waals surface area contributed by atoms with Crippen molar-refractivity contribution in [3.8, 4) is 5.75 Å².